The van der Waals surface area contributed by atoms with E-state index in [2.05, 4.69) is 4.98 Å². The van der Waals surface area contributed by atoms with E-state index in [0.29, 0.717) is 0 Å². The molecule has 1 aliphatic rings. The van der Waals surface area contributed by atoms with E-state index in [4.69, 9.17) is 0 Å². The summed E-state index contributed by atoms with van der Waals surface area (Å²) in [5.74, 6) is -0.115. The van der Waals surface area contributed by atoms with Gasteiger partial charge in [0.15, 0.2) is 0 Å². The molecule has 10 nitrogen and oxygen atoms in total. The molecule has 1 saturated heterocycles. The monoisotopic (exact) mass is 443 g/mol. The van der Waals surface area contributed by atoms with Gasteiger partial charge in [-0.05, 0) is 25.1 Å². The molecule has 0 N–H and O–H groups in total. The zero-order chi connectivity index (χ0) is 22.2. The third kappa shape index (κ3) is 3.89. The predicted octanol–water partition coefficient (Wildman–Crippen LogP) is 2.04. The van der Waals surface area contributed by atoms with Crippen molar-refractivity contribution >= 4 is 32.7 Å². The van der Waals surface area contributed by atoms with Gasteiger partial charge in [-0.3, -0.25) is 14.9 Å². The largest absolute Gasteiger partial charge is 0.338 e. The minimum atomic E-state index is -3.88. The Hall–Kier alpha value is -3.31. The summed E-state index contributed by atoms with van der Waals surface area (Å²) in [5, 5.41) is 11.0. The molecule has 1 aliphatic heterocycles. The van der Waals surface area contributed by atoms with Gasteiger partial charge in [-0.1, -0.05) is 18.2 Å². The lowest BCUT2D eigenvalue weighted by Crippen LogP contribution is -2.51. The number of piperazine rings is 1. The number of carbonyl (C=O) groups excluding carboxylic acids is 1. The van der Waals surface area contributed by atoms with Gasteiger partial charge in [0, 0.05) is 38.3 Å². The van der Waals surface area contributed by atoms with Gasteiger partial charge in [-0.2, -0.15) is 4.31 Å². The van der Waals surface area contributed by atoms with Crippen molar-refractivity contribution < 1.29 is 18.1 Å². The number of aromatic nitrogens is 2. The average Bonchev–Trinajstić information content (AvgIpc) is 3.22. The van der Waals surface area contributed by atoms with Crippen LogP contribution in [0.3, 0.4) is 0 Å². The van der Waals surface area contributed by atoms with Crippen LogP contribution in [-0.4, -0.2) is 64.2 Å². The first kappa shape index (κ1) is 20.9. The fourth-order valence-electron chi connectivity index (χ4n) is 3.73. The topological polar surface area (TPSA) is 119 Å². The molecule has 3 aromatic rings. The second-order valence-corrected chi connectivity index (χ2v) is 9.24. The summed E-state index contributed by atoms with van der Waals surface area (Å²) >= 11 is 0. The van der Waals surface area contributed by atoms with E-state index in [1.165, 1.54) is 22.5 Å². The fraction of sp³-hybridized carbons (Fsp3) is 0.300. The summed E-state index contributed by atoms with van der Waals surface area (Å²) in [6, 6.07) is 12.1. The number of sulfonamides is 1. The molecule has 1 amide bonds. The molecule has 1 aromatic heterocycles. The number of amides is 1. The molecule has 1 atom stereocenters. The third-order valence-electron chi connectivity index (χ3n) is 5.47. The van der Waals surface area contributed by atoms with Crippen molar-refractivity contribution in [1.29, 1.82) is 0 Å². The van der Waals surface area contributed by atoms with E-state index in [1.807, 2.05) is 28.8 Å². The highest BCUT2D eigenvalue weighted by Crippen LogP contribution is 2.24. The van der Waals surface area contributed by atoms with Crippen LogP contribution in [0, 0.1) is 10.1 Å². The zero-order valence-electron chi connectivity index (χ0n) is 16.8. The second-order valence-electron chi connectivity index (χ2n) is 7.30. The van der Waals surface area contributed by atoms with E-state index >= 15 is 0 Å². The maximum absolute atomic E-state index is 13.0. The van der Waals surface area contributed by atoms with Crippen LogP contribution >= 0.6 is 0 Å². The molecule has 1 unspecified atom stereocenters. The van der Waals surface area contributed by atoms with Gasteiger partial charge in [0.1, 0.15) is 6.04 Å². The fourth-order valence-corrected chi connectivity index (χ4v) is 5.19. The number of carbonyl (C=O) groups is 1. The Morgan fingerprint density at radius 2 is 1.81 bits per heavy atom. The molecule has 2 aromatic carbocycles. The molecule has 4 rings (SSSR count). The van der Waals surface area contributed by atoms with Crippen LogP contribution in [0.15, 0.2) is 59.8 Å². The summed E-state index contributed by atoms with van der Waals surface area (Å²) in [6.45, 7) is 2.51. The Morgan fingerprint density at radius 1 is 1.10 bits per heavy atom. The first-order chi connectivity index (χ1) is 14.8. The van der Waals surface area contributed by atoms with Crippen molar-refractivity contribution in [2.75, 3.05) is 26.2 Å². The number of nitrogens with zero attached hydrogens (tertiary/aromatic N) is 5. The number of para-hydroxylation sites is 2. The van der Waals surface area contributed by atoms with Crippen molar-refractivity contribution in [3.05, 3.63) is 65.0 Å². The number of benzene rings is 2. The molecular weight excluding hydrogens is 422 g/mol. The van der Waals surface area contributed by atoms with Crippen LogP contribution < -0.4 is 0 Å². The molecule has 1 fully saturated rings. The highest BCUT2D eigenvalue weighted by Gasteiger charge is 2.32. The quantitative estimate of drug-likeness (QED) is 0.440. The lowest BCUT2D eigenvalue weighted by Gasteiger charge is -2.35. The van der Waals surface area contributed by atoms with Crippen molar-refractivity contribution in [2.45, 2.75) is 17.9 Å². The summed E-state index contributed by atoms with van der Waals surface area (Å²) in [5.41, 5.74) is 1.38. The maximum atomic E-state index is 13.0. The van der Waals surface area contributed by atoms with Crippen LogP contribution in [0.2, 0.25) is 0 Å². The first-order valence-corrected chi connectivity index (χ1v) is 11.2. The zero-order valence-corrected chi connectivity index (χ0v) is 17.6. The van der Waals surface area contributed by atoms with Gasteiger partial charge >= 0.3 is 0 Å². The Balaban J connectivity index is 1.46. The molecule has 2 heterocycles. The molecule has 0 saturated carbocycles. The van der Waals surface area contributed by atoms with Crippen LogP contribution in [0.5, 0.6) is 0 Å². The summed E-state index contributed by atoms with van der Waals surface area (Å²) < 4.78 is 28.9. The standard InChI is InChI=1S/C20H21N5O5S/c1-15(24-14-21-18-7-2-3-8-19(18)24)20(26)22-9-11-23(12-10-22)31(29,30)17-6-4-5-16(13-17)25(27)28/h2-8,13-15H,9-12H2,1H3. The summed E-state index contributed by atoms with van der Waals surface area (Å²) in [7, 11) is -3.88. The Labute approximate surface area is 178 Å². The SMILES string of the molecule is CC(C(=O)N1CCN(S(=O)(=O)c2cccc([N+](=O)[O-])c2)CC1)n1cnc2ccccc21. The highest BCUT2D eigenvalue weighted by molar-refractivity contribution is 7.89. The van der Waals surface area contributed by atoms with E-state index in [9.17, 15) is 23.3 Å². The Kier molecular flexibility index (Phi) is 5.46. The molecule has 162 valence electrons. The van der Waals surface area contributed by atoms with E-state index in [1.54, 1.807) is 18.2 Å². The number of nitro benzene ring substituents is 1. The number of rotatable bonds is 5. The molecule has 31 heavy (non-hydrogen) atoms. The van der Waals surface area contributed by atoms with Gasteiger partial charge in [0.2, 0.25) is 15.9 Å². The first-order valence-electron chi connectivity index (χ1n) is 9.74. The minimum Gasteiger partial charge on any atom is -0.338 e. The van der Waals surface area contributed by atoms with E-state index < -0.39 is 21.0 Å². The Morgan fingerprint density at radius 3 is 2.52 bits per heavy atom. The van der Waals surface area contributed by atoms with Crippen molar-refractivity contribution in [1.82, 2.24) is 18.8 Å². The molecular formula is C20H21N5O5S. The van der Waals surface area contributed by atoms with Gasteiger partial charge in [0.25, 0.3) is 5.69 Å². The van der Waals surface area contributed by atoms with E-state index in [-0.39, 0.29) is 42.7 Å². The molecule has 0 spiro atoms. The molecule has 11 heteroatoms. The Bertz CT molecular complexity index is 1250. The van der Waals surface area contributed by atoms with Gasteiger partial charge < -0.3 is 9.47 Å². The maximum Gasteiger partial charge on any atom is 0.270 e. The van der Waals surface area contributed by atoms with Crippen molar-refractivity contribution in [3.8, 4) is 0 Å². The van der Waals surface area contributed by atoms with Crippen LogP contribution in [0.4, 0.5) is 5.69 Å². The number of non-ortho nitro benzene ring substituents is 1. The minimum absolute atomic E-state index is 0.115. The molecule has 0 radical (unpaired) electrons. The highest BCUT2D eigenvalue weighted by atomic mass is 32.2. The van der Waals surface area contributed by atoms with E-state index in [0.717, 1.165) is 17.1 Å². The number of nitro groups is 1. The smallest absolute Gasteiger partial charge is 0.270 e. The van der Waals surface area contributed by atoms with Gasteiger partial charge in [0.05, 0.1) is 27.2 Å². The number of hydrogen-bond donors (Lipinski definition) is 0. The van der Waals surface area contributed by atoms with Crippen molar-refractivity contribution in [2.24, 2.45) is 0 Å². The summed E-state index contributed by atoms with van der Waals surface area (Å²) in [4.78, 5) is 29.2. The average molecular weight is 443 g/mol. The number of hydrogen-bond acceptors (Lipinski definition) is 6. The lowest BCUT2D eigenvalue weighted by molar-refractivity contribution is -0.385. The number of fused-ring (bicyclic) bond motifs is 1. The van der Waals surface area contributed by atoms with Crippen LogP contribution in [0.1, 0.15) is 13.0 Å². The second kappa shape index (κ2) is 8.08. The number of imidazole rings is 1. The predicted molar refractivity (Wildman–Crippen MR) is 113 cm³/mol. The van der Waals surface area contributed by atoms with Crippen LogP contribution in [-0.2, 0) is 14.8 Å². The van der Waals surface area contributed by atoms with Crippen LogP contribution in [0.25, 0.3) is 11.0 Å². The van der Waals surface area contributed by atoms with Gasteiger partial charge in [-0.25, -0.2) is 13.4 Å². The normalized spacial score (nSPS) is 16.4. The third-order valence-corrected chi connectivity index (χ3v) is 7.37. The van der Waals surface area contributed by atoms with Crippen molar-refractivity contribution in [3.63, 3.8) is 0 Å². The van der Waals surface area contributed by atoms with Gasteiger partial charge in [-0.15, -0.1) is 0 Å². The lowest BCUT2D eigenvalue weighted by atomic mass is 10.2. The molecule has 0 aliphatic carbocycles. The molecule has 0 bridgehead atoms. The summed E-state index contributed by atoms with van der Waals surface area (Å²) in [6.07, 6.45) is 1.64.